The van der Waals surface area contributed by atoms with Crippen molar-refractivity contribution in [3.8, 4) is 5.75 Å². The zero-order valence-electron chi connectivity index (χ0n) is 15.8. The summed E-state index contributed by atoms with van der Waals surface area (Å²) in [5, 5.41) is 6.40. The van der Waals surface area contributed by atoms with Crippen molar-refractivity contribution in [2.75, 3.05) is 19.0 Å². The van der Waals surface area contributed by atoms with Crippen molar-refractivity contribution in [3.63, 3.8) is 0 Å². The second-order valence-corrected chi connectivity index (χ2v) is 7.85. The van der Waals surface area contributed by atoms with Crippen molar-refractivity contribution in [1.29, 1.82) is 0 Å². The molecule has 0 saturated heterocycles. The molecule has 148 valence electrons. The molecule has 0 fully saturated rings. The third-order valence-corrected chi connectivity index (χ3v) is 5.75. The smallest absolute Gasteiger partial charge is 0.341 e. The van der Waals surface area contributed by atoms with Crippen LogP contribution >= 0.6 is 23.6 Å². The molecular weight excluding hydrogens is 396 g/mol. The summed E-state index contributed by atoms with van der Waals surface area (Å²) in [5.41, 5.74) is 1.99. The lowest BCUT2D eigenvalue weighted by atomic mass is 10.1. The molecule has 0 atom stereocenters. The van der Waals surface area contributed by atoms with Crippen molar-refractivity contribution >= 4 is 45.5 Å². The van der Waals surface area contributed by atoms with E-state index in [1.807, 2.05) is 6.92 Å². The number of thiocarbonyl (C=S) groups is 1. The van der Waals surface area contributed by atoms with E-state index in [0.29, 0.717) is 28.5 Å². The van der Waals surface area contributed by atoms with Crippen LogP contribution < -0.4 is 15.4 Å². The van der Waals surface area contributed by atoms with E-state index < -0.39 is 5.97 Å². The number of anilines is 1. The molecule has 0 spiro atoms. The molecule has 0 aliphatic heterocycles. The molecule has 8 heteroatoms. The number of fused-ring (bicyclic) bond motifs is 1. The molecule has 0 bridgehead atoms. The lowest BCUT2D eigenvalue weighted by molar-refractivity contribution is 0.0601. The highest BCUT2D eigenvalue weighted by Gasteiger charge is 2.27. The Morgan fingerprint density at radius 1 is 1.29 bits per heavy atom. The molecule has 1 aliphatic rings. The van der Waals surface area contributed by atoms with Gasteiger partial charge in [-0.25, -0.2) is 4.79 Å². The van der Waals surface area contributed by atoms with Crippen molar-refractivity contribution in [3.05, 3.63) is 45.8 Å². The lowest BCUT2D eigenvalue weighted by Gasteiger charge is -2.11. The number of rotatable bonds is 6. The summed E-state index contributed by atoms with van der Waals surface area (Å²) in [6.07, 6.45) is 3.71. The van der Waals surface area contributed by atoms with Gasteiger partial charge < -0.3 is 14.8 Å². The highest BCUT2D eigenvalue weighted by Crippen LogP contribution is 2.39. The fourth-order valence-electron chi connectivity index (χ4n) is 3.07. The van der Waals surface area contributed by atoms with Gasteiger partial charge in [0.2, 0.25) is 0 Å². The molecule has 2 aromatic rings. The maximum Gasteiger partial charge on any atom is 0.341 e. The van der Waals surface area contributed by atoms with Gasteiger partial charge in [0.15, 0.2) is 5.11 Å². The summed E-state index contributed by atoms with van der Waals surface area (Å²) in [6.45, 7) is 2.61. The van der Waals surface area contributed by atoms with E-state index >= 15 is 0 Å². The lowest BCUT2D eigenvalue weighted by Crippen LogP contribution is -2.34. The zero-order valence-corrected chi connectivity index (χ0v) is 17.4. The van der Waals surface area contributed by atoms with Gasteiger partial charge in [0, 0.05) is 10.4 Å². The molecule has 1 aliphatic carbocycles. The van der Waals surface area contributed by atoms with E-state index in [-0.39, 0.29) is 11.0 Å². The Balaban J connectivity index is 1.69. The first kappa shape index (κ1) is 20.3. The third kappa shape index (κ3) is 4.51. The van der Waals surface area contributed by atoms with Crippen LogP contribution in [-0.2, 0) is 17.6 Å². The number of amides is 1. The number of carbonyl (C=O) groups excluding carboxylic acids is 2. The second-order valence-electron chi connectivity index (χ2n) is 6.34. The quantitative estimate of drug-likeness (QED) is 0.547. The molecule has 0 saturated carbocycles. The van der Waals surface area contributed by atoms with E-state index in [9.17, 15) is 9.59 Å². The Bertz CT molecular complexity index is 908. The number of carbonyl (C=O) groups is 2. The van der Waals surface area contributed by atoms with Crippen molar-refractivity contribution in [2.45, 2.75) is 32.6 Å². The molecule has 1 heterocycles. The van der Waals surface area contributed by atoms with E-state index in [1.54, 1.807) is 24.3 Å². The standard InChI is InChI=1S/C20H22N2O4S2/c1-3-10-26-13-7-4-6-12(11-13)17(23)21-20(27)22-18-16(19(24)25-2)14-8-5-9-15(14)28-18/h4,6-7,11H,3,5,8-10H2,1-2H3,(H2,21,22,23,27). The number of ether oxygens (including phenoxy) is 2. The monoisotopic (exact) mass is 418 g/mol. The molecule has 0 radical (unpaired) electrons. The van der Waals surface area contributed by atoms with Crippen LogP contribution in [0.4, 0.5) is 5.00 Å². The molecule has 1 aromatic heterocycles. The van der Waals surface area contributed by atoms with Crippen LogP contribution in [0.1, 0.15) is 50.9 Å². The fraction of sp³-hybridized carbons (Fsp3) is 0.350. The van der Waals surface area contributed by atoms with Crippen LogP contribution in [0.25, 0.3) is 0 Å². The topological polar surface area (TPSA) is 76.7 Å². The van der Waals surface area contributed by atoms with E-state index in [4.69, 9.17) is 21.7 Å². The first-order valence-corrected chi connectivity index (χ1v) is 10.3. The fourth-order valence-corrected chi connectivity index (χ4v) is 4.61. The van der Waals surface area contributed by atoms with Gasteiger partial charge in [0.25, 0.3) is 5.91 Å². The van der Waals surface area contributed by atoms with Crippen molar-refractivity contribution in [1.82, 2.24) is 5.32 Å². The highest BCUT2D eigenvalue weighted by molar-refractivity contribution is 7.80. The number of nitrogens with one attached hydrogen (secondary N) is 2. The summed E-state index contributed by atoms with van der Waals surface area (Å²) in [7, 11) is 1.36. The van der Waals surface area contributed by atoms with Gasteiger partial charge in [-0.2, -0.15) is 0 Å². The van der Waals surface area contributed by atoms with Gasteiger partial charge in [-0.15, -0.1) is 11.3 Å². The number of hydrogen-bond donors (Lipinski definition) is 2. The van der Waals surface area contributed by atoms with Crippen LogP contribution in [0.2, 0.25) is 0 Å². The summed E-state index contributed by atoms with van der Waals surface area (Å²) >= 11 is 6.77. The minimum absolute atomic E-state index is 0.134. The highest BCUT2D eigenvalue weighted by atomic mass is 32.1. The van der Waals surface area contributed by atoms with Crippen LogP contribution in [-0.4, -0.2) is 30.7 Å². The molecular formula is C20H22N2O4S2. The Labute approximate surface area is 173 Å². The molecule has 6 nitrogen and oxygen atoms in total. The first-order valence-electron chi connectivity index (χ1n) is 9.11. The maximum absolute atomic E-state index is 12.5. The number of aryl methyl sites for hydroxylation is 1. The zero-order chi connectivity index (χ0) is 20.1. The van der Waals surface area contributed by atoms with Gasteiger partial charge >= 0.3 is 5.97 Å². The molecule has 0 unspecified atom stereocenters. The van der Waals surface area contributed by atoms with Gasteiger partial charge in [0.1, 0.15) is 10.8 Å². The molecule has 28 heavy (non-hydrogen) atoms. The summed E-state index contributed by atoms with van der Waals surface area (Å²) in [6, 6.07) is 6.93. The summed E-state index contributed by atoms with van der Waals surface area (Å²) < 4.78 is 10.5. The van der Waals surface area contributed by atoms with E-state index in [2.05, 4.69) is 10.6 Å². The van der Waals surface area contributed by atoms with Gasteiger partial charge in [0.05, 0.1) is 19.3 Å². The Kier molecular flexibility index (Phi) is 6.64. The normalized spacial score (nSPS) is 12.2. The third-order valence-electron chi connectivity index (χ3n) is 4.33. The minimum atomic E-state index is -0.392. The van der Waals surface area contributed by atoms with Gasteiger partial charge in [-0.1, -0.05) is 13.0 Å². The molecule has 1 aromatic carbocycles. The minimum Gasteiger partial charge on any atom is -0.494 e. The van der Waals surface area contributed by atoms with Crippen LogP contribution in [0.15, 0.2) is 24.3 Å². The summed E-state index contributed by atoms with van der Waals surface area (Å²) in [5.74, 6) is -0.101. The molecule has 3 rings (SSSR count). The Morgan fingerprint density at radius 3 is 2.86 bits per heavy atom. The summed E-state index contributed by atoms with van der Waals surface area (Å²) in [4.78, 5) is 25.9. The average Bonchev–Trinajstić information content (AvgIpc) is 3.26. The predicted molar refractivity (Wildman–Crippen MR) is 114 cm³/mol. The predicted octanol–water partition coefficient (Wildman–Crippen LogP) is 3.94. The number of thiophene rings is 1. The molecule has 2 N–H and O–H groups in total. The number of esters is 1. The average molecular weight is 419 g/mol. The molecule has 1 amide bonds. The SMILES string of the molecule is CCCOc1cccc(C(=O)NC(=S)Nc2sc3c(c2C(=O)OC)CCC3)c1. The van der Waals surface area contributed by atoms with Crippen LogP contribution in [0.5, 0.6) is 5.75 Å². The largest absolute Gasteiger partial charge is 0.494 e. The van der Waals surface area contributed by atoms with E-state index in [1.165, 1.54) is 18.4 Å². The van der Waals surface area contributed by atoms with Gasteiger partial charge in [-0.05, 0) is 61.7 Å². The van der Waals surface area contributed by atoms with Crippen LogP contribution in [0, 0.1) is 0 Å². The number of benzene rings is 1. The van der Waals surface area contributed by atoms with Crippen LogP contribution in [0.3, 0.4) is 0 Å². The maximum atomic E-state index is 12.5. The van der Waals surface area contributed by atoms with E-state index in [0.717, 1.165) is 36.1 Å². The number of hydrogen-bond acceptors (Lipinski definition) is 6. The Morgan fingerprint density at radius 2 is 2.11 bits per heavy atom. The first-order chi connectivity index (χ1) is 13.5. The number of methoxy groups -OCH3 is 1. The second kappa shape index (κ2) is 9.16. The van der Waals surface area contributed by atoms with Crippen molar-refractivity contribution in [2.24, 2.45) is 0 Å². The van der Waals surface area contributed by atoms with Crippen molar-refractivity contribution < 1.29 is 19.1 Å². The Hall–Kier alpha value is -2.45. The van der Waals surface area contributed by atoms with Gasteiger partial charge in [-0.3, -0.25) is 10.1 Å².